The van der Waals surface area contributed by atoms with Gasteiger partial charge in [0.2, 0.25) is 0 Å². The Labute approximate surface area is 308 Å². The molecule has 6 nitrogen and oxygen atoms in total. The Hall–Kier alpha value is -0.426. The van der Waals surface area contributed by atoms with Crippen LogP contribution in [0.2, 0.25) is 0 Å². The van der Waals surface area contributed by atoms with Gasteiger partial charge in [0.05, 0.1) is 0 Å². The fourth-order valence-electron chi connectivity index (χ4n) is 5.19. The van der Waals surface area contributed by atoms with Crippen LogP contribution in [0.3, 0.4) is 0 Å². The Kier molecular flexibility index (Phi) is 62.4. The molecule has 0 aliphatic carbocycles. The van der Waals surface area contributed by atoms with E-state index in [1.165, 1.54) is 141 Å². The number of carboxylic acid groups (broad SMARTS) is 2. The van der Waals surface area contributed by atoms with Gasteiger partial charge in [0.25, 0.3) is 0 Å². The fraction of sp³-hybridized carbons (Fsp3) is 0.950. The van der Waals surface area contributed by atoms with Crippen LogP contribution in [0.4, 0.5) is 0 Å². The second-order valence-electron chi connectivity index (χ2n) is 13.8. The first-order valence-electron chi connectivity index (χ1n) is 19.7. The first-order chi connectivity index (χ1) is 22.1. The number of carboxylic acids is 2. The maximum Gasteiger partial charge on any atom is 0.303 e. The number of aliphatic hydroxyl groups is 2. The molecule has 0 radical (unpaired) electrons. The van der Waals surface area contributed by atoms with Crippen molar-refractivity contribution in [2.24, 2.45) is 11.8 Å². The van der Waals surface area contributed by atoms with Gasteiger partial charge in [0.15, 0.2) is 0 Å². The van der Waals surface area contributed by atoms with Crippen LogP contribution in [0.25, 0.3) is 0 Å². The molecular weight excluding hydrogens is 624 g/mol. The van der Waals surface area contributed by atoms with E-state index in [0.717, 1.165) is 37.5 Å². The molecule has 0 aliphatic rings. The third kappa shape index (κ3) is 76.8. The fourth-order valence-corrected chi connectivity index (χ4v) is 5.19. The second-order valence-corrected chi connectivity index (χ2v) is 13.8. The van der Waals surface area contributed by atoms with Crippen LogP contribution < -0.4 is 0 Å². The Bertz CT molecular complexity index is 509. The molecule has 0 heterocycles. The molecule has 0 saturated carbocycles. The normalized spacial score (nSPS) is 10.3. The summed E-state index contributed by atoms with van der Waals surface area (Å²) < 4.78 is 0. The summed E-state index contributed by atoms with van der Waals surface area (Å²) in [7, 11) is 0. The molecule has 0 aromatic rings. The monoisotopic (exact) mass is 709 g/mol. The molecule has 0 bridgehead atoms. The molecule has 0 amide bonds. The standard InChI is InChI=1S/2C18H36O2.2C2H6O.Ti/c2*1-17(2)15-13-11-9-7-5-3-4-6-8-10-12-14-16-18(19)20;2*1-2-3;/h2*17H,3-16H2,1-2H3,(H,19,20);2*3H,2H2,1H3;. The molecule has 284 valence electrons. The first-order valence-corrected chi connectivity index (χ1v) is 19.7. The van der Waals surface area contributed by atoms with E-state index in [1.807, 2.05) is 0 Å². The number of unbranched alkanes of at least 4 members (excludes halogenated alkanes) is 22. The summed E-state index contributed by atoms with van der Waals surface area (Å²) in [6.07, 6.45) is 34.6. The second kappa shape index (κ2) is 52.4. The van der Waals surface area contributed by atoms with Gasteiger partial charge >= 0.3 is 11.9 Å². The van der Waals surface area contributed by atoms with Crippen molar-refractivity contribution in [3.8, 4) is 0 Å². The van der Waals surface area contributed by atoms with Gasteiger partial charge in [-0.15, -0.1) is 0 Å². The molecule has 0 unspecified atom stereocenters. The van der Waals surface area contributed by atoms with Crippen LogP contribution in [0.15, 0.2) is 0 Å². The van der Waals surface area contributed by atoms with Gasteiger partial charge in [-0.2, -0.15) is 0 Å². The summed E-state index contributed by atoms with van der Waals surface area (Å²) in [5.74, 6) is 0.424. The zero-order valence-corrected chi connectivity index (χ0v) is 34.0. The Balaban J connectivity index is -0.000000210. The van der Waals surface area contributed by atoms with Crippen molar-refractivity contribution >= 4 is 11.9 Å². The van der Waals surface area contributed by atoms with Crippen LogP contribution in [0.1, 0.15) is 221 Å². The van der Waals surface area contributed by atoms with Crippen molar-refractivity contribution in [1.29, 1.82) is 0 Å². The van der Waals surface area contributed by atoms with E-state index >= 15 is 0 Å². The number of aliphatic carboxylic acids is 2. The van der Waals surface area contributed by atoms with Crippen LogP contribution in [-0.2, 0) is 31.3 Å². The van der Waals surface area contributed by atoms with Crippen LogP contribution >= 0.6 is 0 Å². The van der Waals surface area contributed by atoms with E-state index in [1.54, 1.807) is 13.8 Å². The molecule has 0 aromatic carbocycles. The SMILES string of the molecule is CC(C)CCCCCCCCCCCCCCC(=O)O.CC(C)CCCCCCCCCCCCCCC(=O)O.CCO.CCO.[Ti]. The zero-order valence-electron chi connectivity index (χ0n) is 32.5. The number of aliphatic hydroxyl groups excluding tert-OH is 2. The smallest absolute Gasteiger partial charge is 0.303 e. The molecule has 4 N–H and O–H groups in total. The third-order valence-electron chi connectivity index (χ3n) is 7.84. The predicted octanol–water partition coefficient (Wildman–Crippen LogP) is 12.4. The largest absolute Gasteiger partial charge is 0.481 e. The van der Waals surface area contributed by atoms with Crippen molar-refractivity contribution < 1.29 is 51.7 Å². The quantitative estimate of drug-likeness (QED) is 0.0436. The van der Waals surface area contributed by atoms with Crippen LogP contribution in [-0.4, -0.2) is 45.6 Å². The molecule has 0 fully saturated rings. The molecule has 0 rings (SSSR count). The van der Waals surface area contributed by atoms with Crippen molar-refractivity contribution in [3.05, 3.63) is 0 Å². The maximum absolute atomic E-state index is 10.3. The van der Waals surface area contributed by atoms with Crippen molar-refractivity contribution in [2.75, 3.05) is 13.2 Å². The minimum absolute atomic E-state index is 0. The van der Waals surface area contributed by atoms with Crippen LogP contribution in [0, 0.1) is 11.8 Å². The van der Waals surface area contributed by atoms with Gasteiger partial charge in [-0.3, -0.25) is 9.59 Å². The van der Waals surface area contributed by atoms with E-state index in [4.69, 9.17) is 20.4 Å². The number of carbonyl (C=O) groups is 2. The predicted molar refractivity (Wildman–Crippen MR) is 200 cm³/mol. The third-order valence-corrected chi connectivity index (χ3v) is 7.84. The molecular formula is C40H84O6Ti. The van der Waals surface area contributed by atoms with E-state index in [-0.39, 0.29) is 34.9 Å². The van der Waals surface area contributed by atoms with Crippen molar-refractivity contribution in [3.63, 3.8) is 0 Å². The average Bonchev–Trinajstić information content (AvgIpc) is 2.98. The van der Waals surface area contributed by atoms with E-state index < -0.39 is 11.9 Å². The molecule has 47 heavy (non-hydrogen) atoms. The Morgan fingerprint density at radius 1 is 0.383 bits per heavy atom. The van der Waals surface area contributed by atoms with E-state index in [0.29, 0.717) is 12.8 Å². The summed E-state index contributed by atoms with van der Waals surface area (Å²) in [5.41, 5.74) is 0. The number of rotatable bonds is 30. The maximum atomic E-state index is 10.3. The Morgan fingerprint density at radius 2 is 0.532 bits per heavy atom. The summed E-state index contributed by atoms with van der Waals surface area (Å²) >= 11 is 0. The summed E-state index contributed by atoms with van der Waals surface area (Å²) in [6, 6.07) is 0. The minimum Gasteiger partial charge on any atom is -0.481 e. The van der Waals surface area contributed by atoms with Gasteiger partial charge < -0.3 is 20.4 Å². The van der Waals surface area contributed by atoms with Crippen LogP contribution in [0.5, 0.6) is 0 Å². The van der Waals surface area contributed by atoms with Crippen molar-refractivity contribution in [2.45, 2.75) is 221 Å². The molecule has 0 atom stereocenters. The van der Waals surface area contributed by atoms with E-state index in [2.05, 4.69) is 27.7 Å². The molecule has 0 aliphatic heterocycles. The number of hydrogen-bond donors (Lipinski definition) is 4. The Morgan fingerprint density at radius 3 is 0.681 bits per heavy atom. The molecule has 0 spiro atoms. The van der Waals surface area contributed by atoms with Gasteiger partial charge in [-0.25, -0.2) is 0 Å². The van der Waals surface area contributed by atoms with Gasteiger partial charge in [0, 0.05) is 47.8 Å². The van der Waals surface area contributed by atoms with E-state index in [9.17, 15) is 9.59 Å². The van der Waals surface area contributed by atoms with Gasteiger partial charge in [-0.1, -0.05) is 182 Å². The summed E-state index contributed by atoms with van der Waals surface area (Å²) in [5, 5.41) is 32.2. The minimum atomic E-state index is -0.654. The first kappa shape index (κ1) is 56.0. The molecule has 7 heteroatoms. The summed E-state index contributed by atoms with van der Waals surface area (Å²) in [6.45, 7) is 13.1. The zero-order chi connectivity index (χ0) is 35.5. The van der Waals surface area contributed by atoms with Gasteiger partial charge in [0.1, 0.15) is 0 Å². The summed E-state index contributed by atoms with van der Waals surface area (Å²) in [4.78, 5) is 20.7. The molecule has 0 saturated heterocycles. The van der Waals surface area contributed by atoms with Gasteiger partial charge in [-0.05, 0) is 38.5 Å². The van der Waals surface area contributed by atoms with Crippen molar-refractivity contribution in [1.82, 2.24) is 0 Å². The average molecular weight is 709 g/mol. The topological polar surface area (TPSA) is 115 Å². The molecule has 0 aromatic heterocycles. The number of hydrogen-bond acceptors (Lipinski definition) is 4.